The minimum atomic E-state index is -1.41. The SMILES string of the molecule is COc1cccc(C(C)C(=O)C(=O)O)c1. The van der Waals surface area contributed by atoms with Crippen LogP contribution in [0, 0.1) is 0 Å². The molecule has 0 radical (unpaired) electrons. The molecular weight excluding hydrogens is 196 g/mol. The van der Waals surface area contributed by atoms with Crippen LogP contribution in [0.3, 0.4) is 0 Å². The zero-order chi connectivity index (χ0) is 11.4. The number of carboxylic acid groups (broad SMARTS) is 1. The van der Waals surface area contributed by atoms with Gasteiger partial charge < -0.3 is 9.84 Å². The van der Waals surface area contributed by atoms with E-state index < -0.39 is 17.7 Å². The highest BCUT2D eigenvalue weighted by Crippen LogP contribution is 2.21. The average Bonchev–Trinajstić information content (AvgIpc) is 2.27. The van der Waals surface area contributed by atoms with Crippen molar-refractivity contribution in [3.05, 3.63) is 29.8 Å². The number of Topliss-reactive ketones (excluding diaryl/α,β-unsaturated/α-hetero) is 1. The van der Waals surface area contributed by atoms with E-state index >= 15 is 0 Å². The van der Waals surface area contributed by atoms with Gasteiger partial charge in [-0.1, -0.05) is 19.1 Å². The number of hydrogen-bond acceptors (Lipinski definition) is 3. The summed E-state index contributed by atoms with van der Waals surface area (Å²) in [6.07, 6.45) is 0. The summed E-state index contributed by atoms with van der Waals surface area (Å²) in [4.78, 5) is 21.7. The highest BCUT2D eigenvalue weighted by molar-refractivity contribution is 6.34. The van der Waals surface area contributed by atoms with Gasteiger partial charge >= 0.3 is 5.97 Å². The van der Waals surface area contributed by atoms with Crippen LogP contribution in [-0.4, -0.2) is 24.0 Å². The lowest BCUT2D eigenvalue weighted by molar-refractivity contribution is -0.149. The van der Waals surface area contributed by atoms with Crippen LogP contribution in [0.25, 0.3) is 0 Å². The summed E-state index contributed by atoms with van der Waals surface area (Å²) in [5.41, 5.74) is 0.641. The van der Waals surface area contributed by atoms with Gasteiger partial charge in [0.1, 0.15) is 5.75 Å². The molecule has 0 aromatic heterocycles. The predicted octanol–water partition coefficient (Wildman–Crippen LogP) is 1.45. The van der Waals surface area contributed by atoms with E-state index in [1.807, 2.05) is 0 Å². The standard InChI is InChI=1S/C11H12O4/c1-7(10(12)11(13)14)8-4-3-5-9(6-8)15-2/h3-7H,1-2H3,(H,13,14). The average molecular weight is 208 g/mol. The first-order valence-electron chi connectivity index (χ1n) is 4.47. The van der Waals surface area contributed by atoms with E-state index in [9.17, 15) is 9.59 Å². The van der Waals surface area contributed by atoms with Gasteiger partial charge in [-0.05, 0) is 17.7 Å². The monoisotopic (exact) mass is 208 g/mol. The fourth-order valence-electron chi connectivity index (χ4n) is 1.25. The van der Waals surface area contributed by atoms with Crippen LogP contribution < -0.4 is 4.74 Å². The molecule has 0 aliphatic rings. The number of ketones is 1. The maximum Gasteiger partial charge on any atom is 0.372 e. The second-order valence-corrected chi connectivity index (χ2v) is 3.17. The van der Waals surface area contributed by atoms with Crippen molar-refractivity contribution >= 4 is 11.8 Å². The van der Waals surface area contributed by atoms with E-state index in [4.69, 9.17) is 9.84 Å². The van der Waals surface area contributed by atoms with E-state index in [2.05, 4.69) is 0 Å². The van der Waals surface area contributed by atoms with Crippen molar-refractivity contribution in [3.63, 3.8) is 0 Å². The third kappa shape index (κ3) is 2.56. The number of hydrogen-bond donors (Lipinski definition) is 1. The molecule has 1 aromatic rings. The van der Waals surface area contributed by atoms with Gasteiger partial charge in [0, 0.05) is 0 Å². The molecule has 1 unspecified atom stereocenters. The van der Waals surface area contributed by atoms with Gasteiger partial charge in [-0.25, -0.2) is 4.79 Å². The molecular formula is C11H12O4. The fraction of sp³-hybridized carbons (Fsp3) is 0.273. The normalized spacial score (nSPS) is 11.9. The number of rotatable bonds is 4. The fourth-order valence-corrected chi connectivity index (χ4v) is 1.25. The van der Waals surface area contributed by atoms with Crippen molar-refractivity contribution < 1.29 is 19.4 Å². The van der Waals surface area contributed by atoms with E-state index in [0.29, 0.717) is 11.3 Å². The third-order valence-corrected chi connectivity index (χ3v) is 2.20. The molecule has 0 bridgehead atoms. The minimum Gasteiger partial charge on any atom is -0.497 e. The Morgan fingerprint density at radius 2 is 2.07 bits per heavy atom. The first-order chi connectivity index (χ1) is 7.06. The van der Waals surface area contributed by atoms with Gasteiger partial charge in [0.25, 0.3) is 0 Å². The van der Waals surface area contributed by atoms with E-state index in [1.54, 1.807) is 31.2 Å². The Bertz CT molecular complexity index is 384. The Hall–Kier alpha value is -1.84. The summed E-state index contributed by atoms with van der Waals surface area (Å²) in [6, 6.07) is 6.82. The lowest BCUT2D eigenvalue weighted by Crippen LogP contribution is -2.19. The summed E-state index contributed by atoms with van der Waals surface area (Å²) in [6.45, 7) is 1.56. The largest absolute Gasteiger partial charge is 0.497 e. The number of ether oxygens (including phenoxy) is 1. The Morgan fingerprint density at radius 3 is 2.60 bits per heavy atom. The quantitative estimate of drug-likeness (QED) is 0.760. The molecule has 1 aromatic carbocycles. The summed E-state index contributed by atoms with van der Waals surface area (Å²) in [5, 5.41) is 8.56. The second kappa shape index (κ2) is 4.59. The molecule has 4 heteroatoms. The van der Waals surface area contributed by atoms with Gasteiger partial charge in [0.05, 0.1) is 13.0 Å². The Morgan fingerprint density at radius 1 is 1.40 bits per heavy atom. The molecule has 0 amide bonds. The topological polar surface area (TPSA) is 63.6 Å². The van der Waals surface area contributed by atoms with Gasteiger partial charge in [0.15, 0.2) is 0 Å². The van der Waals surface area contributed by atoms with Crippen molar-refractivity contribution in [1.82, 2.24) is 0 Å². The molecule has 1 N–H and O–H groups in total. The zero-order valence-electron chi connectivity index (χ0n) is 8.56. The van der Waals surface area contributed by atoms with Gasteiger partial charge in [-0.3, -0.25) is 4.79 Å². The van der Waals surface area contributed by atoms with Gasteiger partial charge in [0.2, 0.25) is 5.78 Å². The van der Waals surface area contributed by atoms with E-state index in [-0.39, 0.29) is 0 Å². The second-order valence-electron chi connectivity index (χ2n) is 3.17. The van der Waals surface area contributed by atoms with E-state index in [0.717, 1.165) is 0 Å². The van der Waals surface area contributed by atoms with Crippen molar-refractivity contribution in [3.8, 4) is 5.75 Å². The molecule has 0 saturated carbocycles. The number of carbonyl (C=O) groups is 2. The molecule has 1 rings (SSSR count). The van der Waals surface area contributed by atoms with Crippen LogP contribution in [0.5, 0.6) is 5.75 Å². The molecule has 0 aliphatic heterocycles. The van der Waals surface area contributed by atoms with Gasteiger partial charge in [-0.2, -0.15) is 0 Å². The maximum atomic E-state index is 11.2. The molecule has 0 heterocycles. The first-order valence-corrected chi connectivity index (χ1v) is 4.47. The molecule has 0 saturated heterocycles. The molecule has 4 nitrogen and oxygen atoms in total. The number of methoxy groups -OCH3 is 1. The van der Waals surface area contributed by atoms with Crippen LogP contribution >= 0.6 is 0 Å². The molecule has 15 heavy (non-hydrogen) atoms. The van der Waals surface area contributed by atoms with E-state index in [1.165, 1.54) is 7.11 Å². The van der Waals surface area contributed by atoms with Crippen LogP contribution in [-0.2, 0) is 9.59 Å². The predicted molar refractivity (Wildman–Crippen MR) is 54.1 cm³/mol. The Balaban J connectivity index is 2.95. The summed E-state index contributed by atoms with van der Waals surface area (Å²) < 4.78 is 4.99. The smallest absolute Gasteiger partial charge is 0.372 e. The molecule has 80 valence electrons. The first kappa shape index (κ1) is 11.2. The van der Waals surface area contributed by atoms with Crippen LogP contribution in [0.2, 0.25) is 0 Å². The number of aliphatic carboxylic acids is 1. The highest BCUT2D eigenvalue weighted by Gasteiger charge is 2.21. The maximum absolute atomic E-state index is 11.2. The number of benzene rings is 1. The zero-order valence-corrected chi connectivity index (χ0v) is 8.56. The summed E-state index contributed by atoms with van der Waals surface area (Å²) in [7, 11) is 1.52. The number of carboxylic acids is 1. The molecule has 0 aliphatic carbocycles. The number of carbonyl (C=O) groups excluding carboxylic acids is 1. The van der Waals surface area contributed by atoms with Crippen molar-refractivity contribution in [2.24, 2.45) is 0 Å². The minimum absolute atomic E-state index is 0.609. The van der Waals surface area contributed by atoms with Crippen LogP contribution in [0.15, 0.2) is 24.3 Å². The Kier molecular flexibility index (Phi) is 3.44. The lowest BCUT2D eigenvalue weighted by atomic mass is 9.97. The molecule has 0 spiro atoms. The summed E-state index contributed by atoms with van der Waals surface area (Å²) >= 11 is 0. The lowest BCUT2D eigenvalue weighted by Gasteiger charge is -2.09. The highest BCUT2D eigenvalue weighted by atomic mass is 16.5. The van der Waals surface area contributed by atoms with Crippen LogP contribution in [0.4, 0.5) is 0 Å². The van der Waals surface area contributed by atoms with Crippen molar-refractivity contribution in [2.45, 2.75) is 12.8 Å². The van der Waals surface area contributed by atoms with Gasteiger partial charge in [-0.15, -0.1) is 0 Å². The summed E-state index contributed by atoms with van der Waals surface area (Å²) in [5.74, 6) is -2.27. The van der Waals surface area contributed by atoms with Crippen LogP contribution in [0.1, 0.15) is 18.4 Å². The third-order valence-electron chi connectivity index (χ3n) is 2.20. The van der Waals surface area contributed by atoms with Crippen molar-refractivity contribution in [2.75, 3.05) is 7.11 Å². The Labute approximate surface area is 87.5 Å². The molecule has 0 fully saturated rings. The molecule has 1 atom stereocenters. The van der Waals surface area contributed by atoms with Crippen molar-refractivity contribution in [1.29, 1.82) is 0 Å².